The van der Waals surface area contributed by atoms with Crippen molar-refractivity contribution in [1.82, 2.24) is 0 Å². The first-order chi connectivity index (χ1) is 25.5. The molecule has 2 rings (SSSR count). The number of carbonyl (C=O) groups is 2. The molecule has 0 aliphatic rings. The minimum absolute atomic E-state index is 0. The summed E-state index contributed by atoms with van der Waals surface area (Å²) in [5.41, 5.74) is 2.83. The summed E-state index contributed by atoms with van der Waals surface area (Å²) in [5.74, 6) is -0.689. The zero-order valence-corrected chi connectivity index (χ0v) is 35.9. The molecule has 5 heteroatoms. The van der Waals surface area contributed by atoms with Crippen molar-refractivity contribution in [1.29, 1.82) is 0 Å². The first-order valence-corrected chi connectivity index (χ1v) is 22.0. The maximum atomic E-state index is 10.6. The summed E-state index contributed by atoms with van der Waals surface area (Å²) >= 11 is 0. The Balaban J connectivity index is 0.00000100. The summed E-state index contributed by atoms with van der Waals surface area (Å²) in [6.07, 6.45) is 35.9. The molecule has 0 fully saturated rings. The van der Waals surface area contributed by atoms with Gasteiger partial charge in [0.25, 0.3) is 0 Å². The molecule has 2 aromatic carbocycles. The number of carboxylic acids is 2. The van der Waals surface area contributed by atoms with Crippen LogP contribution in [0, 0.1) is 0 Å². The zero-order valence-electron chi connectivity index (χ0n) is 34.5. The van der Waals surface area contributed by atoms with Crippen LogP contribution in [-0.2, 0) is 9.59 Å². The van der Waals surface area contributed by atoms with Crippen LogP contribution in [0.4, 0.5) is 0 Å². The van der Waals surface area contributed by atoms with Crippen LogP contribution in [0.25, 0.3) is 0 Å². The van der Waals surface area contributed by atoms with Crippen LogP contribution < -0.4 is 10.2 Å². The van der Waals surface area contributed by atoms with Gasteiger partial charge in [-0.25, -0.2) is 0 Å². The van der Waals surface area contributed by atoms with Gasteiger partial charge in [0, 0.05) is 11.9 Å². The average molecular weight is 743 g/mol. The third-order valence-corrected chi connectivity index (χ3v) is 10.7. The maximum absolute atomic E-state index is 10.6. The molecule has 0 spiro atoms. The van der Waals surface area contributed by atoms with E-state index in [1.165, 1.54) is 152 Å². The van der Waals surface area contributed by atoms with Crippen LogP contribution in [0.1, 0.15) is 229 Å². The SMILES string of the molecule is CCCCCCCCCCCCC(CCCCC(=O)[O-])c1ccccc1.CCCCCCCCCCCCC(CCCCC(=O)[O-])c1ccccc1.[Mg+2]. The van der Waals surface area contributed by atoms with Crippen molar-refractivity contribution in [2.24, 2.45) is 0 Å². The second kappa shape index (κ2) is 38.4. The fourth-order valence-electron chi connectivity index (χ4n) is 7.48. The summed E-state index contributed by atoms with van der Waals surface area (Å²) in [6.45, 7) is 4.54. The predicted octanol–water partition coefficient (Wildman–Crippen LogP) is 12.4. The van der Waals surface area contributed by atoms with E-state index in [0.717, 1.165) is 38.5 Å². The molecule has 2 aromatic rings. The second-order valence-corrected chi connectivity index (χ2v) is 15.4. The Hall–Kier alpha value is -1.85. The summed E-state index contributed by atoms with van der Waals surface area (Å²) < 4.78 is 0. The minimum atomic E-state index is -0.920. The topological polar surface area (TPSA) is 80.3 Å². The first-order valence-electron chi connectivity index (χ1n) is 22.0. The van der Waals surface area contributed by atoms with Gasteiger partial charge in [-0.15, -0.1) is 0 Å². The van der Waals surface area contributed by atoms with E-state index in [1.54, 1.807) is 0 Å². The molecule has 2 atom stereocenters. The Labute approximate surface area is 343 Å². The molecule has 2 unspecified atom stereocenters. The van der Waals surface area contributed by atoms with Crippen LogP contribution >= 0.6 is 0 Å². The fourth-order valence-corrected chi connectivity index (χ4v) is 7.48. The molecule has 0 aliphatic heterocycles. The standard InChI is InChI=1S/2C24H40O2.Mg/c2*1-2-3-4-5-6-7-8-9-10-12-17-23(20-15-16-21-24(25)26)22-18-13-11-14-19-22;/h2*11,13-14,18-19,23H,2-10,12,15-17,20-21H2,1H3,(H,25,26);/q;;+2/p-2. The number of hydrogen-bond donors (Lipinski definition) is 0. The van der Waals surface area contributed by atoms with Crippen molar-refractivity contribution >= 4 is 35.0 Å². The van der Waals surface area contributed by atoms with Crippen LogP contribution in [0.15, 0.2) is 60.7 Å². The van der Waals surface area contributed by atoms with Crippen molar-refractivity contribution < 1.29 is 19.8 Å². The van der Waals surface area contributed by atoms with E-state index < -0.39 is 11.9 Å². The van der Waals surface area contributed by atoms with Gasteiger partial charge in [-0.05, 0) is 74.3 Å². The third-order valence-electron chi connectivity index (χ3n) is 10.7. The number of carbonyl (C=O) groups excluding carboxylic acids is 2. The van der Waals surface area contributed by atoms with Gasteiger partial charge in [-0.1, -0.05) is 216 Å². The van der Waals surface area contributed by atoms with Crippen LogP contribution in [0.3, 0.4) is 0 Å². The summed E-state index contributed by atoms with van der Waals surface area (Å²) in [4.78, 5) is 21.1. The summed E-state index contributed by atoms with van der Waals surface area (Å²) in [7, 11) is 0. The van der Waals surface area contributed by atoms with E-state index in [0.29, 0.717) is 11.8 Å². The molecule has 0 saturated heterocycles. The van der Waals surface area contributed by atoms with Crippen LogP contribution in [0.2, 0.25) is 0 Å². The molecule has 0 radical (unpaired) electrons. The number of carboxylic acid groups (broad SMARTS) is 2. The van der Waals surface area contributed by atoms with Gasteiger partial charge < -0.3 is 19.8 Å². The smallest absolute Gasteiger partial charge is 0.550 e. The average Bonchev–Trinajstić information content (AvgIpc) is 3.15. The summed E-state index contributed by atoms with van der Waals surface area (Å²) in [5, 5.41) is 21.1. The Bertz CT molecular complexity index is 974. The number of rotatable bonds is 34. The maximum Gasteiger partial charge on any atom is 2.00 e. The number of benzene rings is 2. The van der Waals surface area contributed by atoms with E-state index in [2.05, 4.69) is 74.5 Å². The van der Waals surface area contributed by atoms with Gasteiger partial charge in [0.15, 0.2) is 0 Å². The van der Waals surface area contributed by atoms with Crippen molar-refractivity contribution in [3.8, 4) is 0 Å². The molecule has 53 heavy (non-hydrogen) atoms. The normalized spacial score (nSPS) is 12.0. The second-order valence-electron chi connectivity index (χ2n) is 15.4. The van der Waals surface area contributed by atoms with E-state index in [9.17, 15) is 19.8 Å². The molecular formula is C48H78MgO4. The fraction of sp³-hybridized carbons (Fsp3) is 0.708. The molecule has 0 aromatic heterocycles. The van der Waals surface area contributed by atoms with Gasteiger partial charge in [0.05, 0.1) is 0 Å². The largest absolute Gasteiger partial charge is 2.00 e. The quantitative estimate of drug-likeness (QED) is 0.0528. The Morgan fingerprint density at radius 3 is 0.906 bits per heavy atom. The van der Waals surface area contributed by atoms with E-state index in [1.807, 2.05) is 0 Å². The first kappa shape index (κ1) is 51.1. The number of aliphatic carboxylic acids is 2. The van der Waals surface area contributed by atoms with Crippen molar-refractivity contribution in [2.45, 2.75) is 218 Å². The van der Waals surface area contributed by atoms with Gasteiger partial charge in [-0.2, -0.15) is 0 Å². The third kappa shape index (κ3) is 32.1. The number of unbranched alkanes of at least 4 members (excludes halogenated alkanes) is 20. The van der Waals surface area contributed by atoms with Crippen molar-refractivity contribution in [3.63, 3.8) is 0 Å². The molecule has 0 saturated carbocycles. The molecule has 0 bridgehead atoms. The molecule has 0 N–H and O–H groups in total. The van der Waals surface area contributed by atoms with Gasteiger partial charge in [0.2, 0.25) is 0 Å². The molecule has 4 nitrogen and oxygen atoms in total. The Morgan fingerprint density at radius 2 is 0.642 bits per heavy atom. The Morgan fingerprint density at radius 1 is 0.396 bits per heavy atom. The molecule has 0 aliphatic carbocycles. The van der Waals surface area contributed by atoms with Crippen LogP contribution in [0.5, 0.6) is 0 Å². The van der Waals surface area contributed by atoms with Crippen molar-refractivity contribution in [3.05, 3.63) is 71.8 Å². The molecular weight excluding hydrogens is 665 g/mol. The predicted molar refractivity (Wildman–Crippen MR) is 224 cm³/mol. The van der Waals surface area contributed by atoms with Crippen molar-refractivity contribution in [2.75, 3.05) is 0 Å². The summed E-state index contributed by atoms with van der Waals surface area (Å²) in [6, 6.07) is 21.5. The molecule has 0 amide bonds. The zero-order chi connectivity index (χ0) is 37.7. The molecule has 296 valence electrons. The van der Waals surface area contributed by atoms with Gasteiger partial charge in [0.1, 0.15) is 0 Å². The van der Waals surface area contributed by atoms with E-state index >= 15 is 0 Å². The van der Waals surface area contributed by atoms with Crippen LogP contribution in [-0.4, -0.2) is 35.0 Å². The number of hydrogen-bond acceptors (Lipinski definition) is 4. The van der Waals surface area contributed by atoms with Gasteiger partial charge in [-0.3, -0.25) is 0 Å². The van der Waals surface area contributed by atoms with E-state index in [4.69, 9.17) is 0 Å². The molecule has 0 heterocycles. The monoisotopic (exact) mass is 743 g/mol. The van der Waals surface area contributed by atoms with Gasteiger partial charge >= 0.3 is 23.1 Å². The minimum Gasteiger partial charge on any atom is -0.550 e. The Kier molecular flexibility index (Phi) is 37.1. The van der Waals surface area contributed by atoms with E-state index in [-0.39, 0.29) is 35.9 Å².